The molecule has 0 radical (unpaired) electrons. The van der Waals surface area contributed by atoms with Crippen LogP contribution in [0.1, 0.15) is 51.9 Å². The van der Waals surface area contributed by atoms with Gasteiger partial charge in [0.1, 0.15) is 0 Å². The number of rotatable bonds is 4. The second-order valence-corrected chi connectivity index (χ2v) is 5.28. The van der Waals surface area contributed by atoms with Crippen molar-refractivity contribution in [3.05, 3.63) is 0 Å². The number of nitrogens with two attached hydrogens (primary N) is 1. The second-order valence-electron chi connectivity index (χ2n) is 5.28. The van der Waals surface area contributed by atoms with Crippen molar-refractivity contribution in [3.8, 4) is 0 Å². The zero-order chi connectivity index (χ0) is 10.7. The van der Waals surface area contributed by atoms with E-state index in [0.29, 0.717) is 0 Å². The molecule has 2 fully saturated rings. The first kappa shape index (κ1) is 11.4. The predicted molar refractivity (Wildman–Crippen MR) is 64.8 cm³/mol. The summed E-state index contributed by atoms with van der Waals surface area (Å²) in [4.78, 5) is 2.79. The van der Waals surface area contributed by atoms with E-state index in [1.54, 1.807) is 0 Å². The highest BCUT2D eigenvalue weighted by atomic mass is 15.2. The van der Waals surface area contributed by atoms with Crippen LogP contribution in [-0.2, 0) is 0 Å². The summed E-state index contributed by atoms with van der Waals surface area (Å²) in [6.07, 6.45) is 9.79. The minimum Gasteiger partial charge on any atom is -0.330 e. The van der Waals surface area contributed by atoms with Crippen molar-refractivity contribution in [2.75, 3.05) is 13.1 Å². The number of fused-ring (bicyclic) bond motifs is 1. The van der Waals surface area contributed by atoms with Crippen molar-refractivity contribution in [3.63, 3.8) is 0 Å². The highest BCUT2D eigenvalue weighted by molar-refractivity contribution is 4.92. The average molecular weight is 210 g/mol. The summed E-state index contributed by atoms with van der Waals surface area (Å²) in [5.41, 5.74) is 5.71. The first-order valence-corrected chi connectivity index (χ1v) is 6.82. The molecular formula is C13H26N2. The lowest BCUT2D eigenvalue weighted by Gasteiger charge is -2.36. The van der Waals surface area contributed by atoms with Gasteiger partial charge in [-0.15, -0.1) is 0 Å². The molecule has 1 aliphatic heterocycles. The molecule has 3 atom stereocenters. The number of nitrogens with zero attached hydrogens (tertiary/aromatic N) is 1. The lowest BCUT2D eigenvalue weighted by molar-refractivity contribution is 0.124. The quantitative estimate of drug-likeness (QED) is 0.772. The molecular weight excluding hydrogens is 184 g/mol. The molecule has 2 nitrogen and oxygen atoms in total. The molecule has 0 aromatic heterocycles. The van der Waals surface area contributed by atoms with E-state index in [0.717, 1.165) is 24.5 Å². The molecule has 0 bridgehead atoms. The maximum Gasteiger partial charge on any atom is 0.0127 e. The Bertz CT molecular complexity index is 193. The Labute approximate surface area is 94.2 Å². The zero-order valence-electron chi connectivity index (χ0n) is 10.1. The molecule has 0 aromatic rings. The zero-order valence-corrected chi connectivity index (χ0v) is 10.1. The molecule has 2 heteroatoms. The highest BCUT2D eigenvalue weighted by Crippen LogP contribution is 2.37. The van der Waals surface area contributed by atoms with E-state index in [-0.39, 0.29) is 0 Å². The van der Waals surface area contributed by atoms with Gasteiger partial charge in [-0.3, -0.25) is 4.90 Å². The molecule has 1 heterocycles. The van der Waals surface area contributed by atoms with Gasteiger partial charge in [0.2, 0.25) is 0 Å². The minimum atomic E-state index is 0.767. The van der Waals surface area contributed by atoms with Gasteiger partial charge in [0.25, 0.3) is 0 Å². The van der Waals surface area contributed by atoms with E-state index in [2.05, 4.69) is 11.8 Å². The lowest BCUT2D eigenvalue weighted by Crippen LogP contribution is -2.42. The van der Waals surface area contributed by atoms with Crippen LogP contribution < -0.4 is 5.73 Å². The van der Waals surface area contributed by atoms with Crippen LogP contribution in [-0.4, -0.2) is 30.1 Å². The van der Waals surface area contributed by atoms with Crippen molar-refractivity contribution in [1.82, 2.24) is 4.90 Å². The van der Waals surface area contributed by atoms with Crippen molar-refractivity contribution < 1.29 is 0 Å². The summed E-state index contributed by atoms with van der Waals surface area (Å²) in [5, 5.41) is 0. The number of hydrogen-bond acceptors (Lipinski definition) is 2. The SMILES string of the molecule is CCC(CCN)N1CCC2CCCCC21. The third-order valence-electron chi connectivity index (χ3n) is 4.49. The molecule has 3 unspecified atom stereocenters. The summed E-state index contributed by atoms with van der Waals surface area (Å²) < 4.78 is 0. The van der Waals surface area contributed by atoms with E-state index in [1.807, 2.05) is 0 Å². The first-order chi connectivity index (χ1) is 7.36. The van der Waals surface area contributed by atoms with Gasteiger partial charge in [-0.2, -0.15) is 0 Å². The lowest BCUT2D eigenvalue weighted by atomic mass is 9.85. The Morgan fingerprint density at radius 2 is 2.07 bits per heavy atom. The molecule has 1 saturated carbocycles. The molecule has 2 N–H and O–H groups in total. The molecule has 15 heavy (non-hydrogen) atoms. The highest BCUT2D eigenvalue weighted by Gasteiger charge is 2.37. The van der Waals surface area contributed by atoms with Crippen LogP contribution in [0.15, 0.2) is 0 Å². The van der Waals surface area contributed by atoms with Crippen LogP contribution in [0.4, 0.5) is 0 Å². The summed E-state index contributed by atoms with van der Waals surface area (Å²) in [7, 11) is 0. The van der Waals surface area contributed by atoms with Gasteiger partial charge in [-0.05, 0) is 51.1 Å². The Morgan fingerprint density at radius 1 is 1.27 bits per heavy atom. The Balaban J connectivity index is 1.96. The third kappa shape index (κ3) is 2.36. The third-order valence-corrected chi connectivity index (χ3v) is 4.49. The standard InChI is InChI=1S/C13H26N2/c1-2-12(7-9-14)15-10-8-11-5-3-4-6-13(11)15/h11-13H,2-10,14H2,1H3. The summed E-state index contributed by atoms with van der Waals surface area (Å²) in [6.45, 7) is 4.51. The van der Waals surface area contributed by atoms with Gasteiger partial charge in [0, 0.05) is 12.1 Å². The molecule has 0 amide bonds. The van der Waals surface area contributed by atoms with Crippen molar-refractivity contribution in [1.29, 1.82) is 0 Å². The van der Waals surface area contributed by atoms with Gasteiger partial charge in [0.05, 0.1) is 0 Å². The maximum absolute atomic E-state index is 5.71. The van der Waals surface area contributed by atoms with E-state index in [9.17, 15) is 0 Å². The monoisotopic (exact) mass is 210 g/mol. The van der Waals surface area contributed by atoms with Crippen molar-refractivity contribution in [2.24, 2.45) is 11.7 Å². The predicted octanol–water partition coefficient (Wildman–Crippen LogP) is 2.38. The molecule has 2 aliphatic rings. The van der Waals surface area contributed by atoms with Gasteiger partial charge in [0.15, 0.2) is 0 Å². The molecule has 0 spiro atoms. The van der Waals surface area contributed by atoms with E-state index < -0.39 is 0 Å². The second kappa shape index (κ2) is 5.31. The van der Waals surface area contributed by atoms with Crippen LogP contribution in [0.2, 0.25) is 0 Å². The van der Waals surface area contributed by atoms with E-state index >= 15 is 0 Å². The molecule has 1 aliphatic carbocycles. The first-order valence-electron chi connectivity index (χ1n) is 6.82. The fourth-order valence-electron chi connectivity index (χ4n) is 3.69. The summed E-state index contributed by atoms with van der Waals surface area (Å²) in [6, 6.07) is 1.68. The average Bonchev–Trinajstić information content (AvgIpc) is 2.70. The van der Waals surface area contributed by atoms with Crippen molar-refractivity contribution in [2.45, 2.75) is 64.0 Å². The minimum absolute atomic E-state index is 0.767. The van der Waals surface area contributed by atoms with Gasteiger partial charge in [-0.25, -0.2) is 0 Å². The number of likely N-dealkylation sites (tertiary alicyclic amines) is 1. The molecule has 0 aromatic carbocycles. The smallest absolute Gasteiger partial charge is 0.0127 e. The van der Waals surface area contributed by atoms with Gasteiger partial charge >= 0.3 is 0 Å². The normalized spacial score (nSPS) is 34.0. The van der Waals surface area contributed by atoms with Crippen LogP contribution in [0.25, 0.3) is 0 Å². The Hall–Kier alpha value is -0.0800. The van der Waals surface area contributed by atoms with Crippen molar-refractivity contribution >= 4 is 0 Å². The van der Waals surface area contributed by atoms with Crippen LogP contribution in [0, 0.1) is 5.92 Å². The topological polar surface area (TPSA) is 29.3 Å². The summed E-state index contributed by atoms with van der Waals surface area (Å²) in [5.74, 6) is 1.02. The summed E-state index contributed by atoms with van der Waals surface area (Å²) >= 11 is 0. The largest absolute Gasteiger partial charge is 0.330 e. The maximum atomic E-state index is 5.71. The Morgan fingerprint density at radius 3 is 2.80 bits per heavy atom. The van der Waals surface area contributed by atoms with E-state index in [1.165, 1.54) is 51.5 Å². The molecule has 88 valence electrons. The van der Waals surface area contributed by atoms with E-state index in [4.69, 9.17) is 5.73 Å². The van der Waals surface area contributed by atoms with Gasteiger partial charge < -0.3 is 5.73 Å². The fourth-order valence-corrected chi connectivity index (χ4v) is 3.69. The molecule has 2 rings (SSSR count). The van der Waals surface area contributed by atoms with Crippen LogP contribution in [0.3, 0.4) is 0 Å². The Kier molecular flexibility index (Phi) is 4.04. The van der Waals surface area contributed by atoms with Gasteiger partial charge in [-0.1, -0.05) is 19.8 Å². The number of hydrogen-bond donors (Lipinski definition) is 1. The van der Waals surface area contributed by atoms with Crippen LogP contribution >= 0.6 is 0 Å². The van der Waals surface area contributed by atoms with Crippen LogP contribution in [0.5, 0.6) is 0 Å². The molecule has 1 saturated heterocycles. The fraction of sp³-hybridized carbons (Fsp3) is 1.00.